The monoisotopic (exact) mass is 326 g/mol. The van der Waals surface area contributed by atoms with Crippen molar-refractivity contribution in [2.24, 2.45) is 0 Å². The highest BCUT2D eigenvalue weighted by Gasteiger charge is 2.35. The quantitative estimate of drug-likeness (QED) is 0.898. The Balaban J connectivity index is 2.09. The summed E-state index contributed by atoms with van der Waals surface area (Å²) in [6.07, 6.45) is 0.540. The molecule has 2 atom stereocenters. The number of nitrogens with one attached hydrogen (secondary N) is 1. The molecule has 0 unspecified atom stereocenters. The molecule has 0 fully saturated rings. The Hall–Kier alpha value is -2.69. The second-order valence-electron chi connectivity index (χ2n) is 5.99. The first-order chi connectivity index (χ1) is 11.6. The Labute approximate surface area is 141 Å². The van der Waals surface area contributed by atoms with Crippen LogP contribution in [0.3, 0.4) is 0 Å². The van der Waals surface area contributed by atoms with Crippen molar-refractivity contribution in [1.29, 1.82) is 0 Å². The Morgan fingerprint density at radius 1 is 1.29 bits per heavy atom. The number of aromatic hydroxyl groups is 1. The Morgan fingerprint density at radius 2 is 2.04 bits per heavy atom. The number of rotatable bonds is 4. The summed E-state index contributed by atoms with van der Waals surface area (Å²) in [7, 11) is 1.51. The summed E-state index contributed by atoms with van der Waals surface area (Å²) in [5.74, 6) is 0.485. The van der Waals surface area contributed by atoms with Crippen LogP contribution in [0.4, 0.5) is 5.69 Å². The van der Waals surface area contributed by atoms with Gasteiger partial charge in [-0.15, -0.1) is 0 Å². The van der Waals surface area contributed by atoms with Crippen LogP contribution in [-0.4, -0.2) is 29.1 Å². The fourth-order valence-electron chi connectivity index (χ4n) is 3.03. The number of ether oxygens (including phenoxy) is 1. The maximum atomic E-state index is 13.0. The zero-order chi connectivity index (χ0) is 17.3. The summed E-state index contributed by atoms with van der Waals surface area (Å²) in [6.45, 7) is 4.10. The molecule has 0 bridgehead atoms. The van der Waals surface area contributed by atoms with E-state index in [2.05, 4.69) is 12.2 Å². The molecule has 5 heteroatoms. The molecule has 0 radical (unpaired) electrons. The minimum absolute atomic E-state index is 0.00995. The van der Waals surface area contributed by atoms with Crippen LogP contribution >= 0.6 is 0 Å². The van der Waals surface area contributed by atoms with Crippen LogP contribution in [0.25, 0.3) is 0 Å². The molecule has 1 amide bonds. The van der Waals surface area contributed by atoms with E-state index in [9.17, 15) is 9.90 Å². The Bertz CT molecular complexity index is 760. The molecule has 0 saturated heterocycles. The molecule has 1 heterocycles. The molecule has 2 N–H and O–H groups in total. The lowest BCUT2D eigenvalue weighted by Gasteiger charge is -2.41. The number of phenols is 1. The van der Waals surface area contributed by atoms with Gasteiger partial charge in [-0.05, 0) is 43.2 Å². The van der Waals surface area contributed by atoms with Gasteiger partial charge in [0.15, 0.2) is 11.5 Å². The number of nitrogens with zero attached hydrogens (tertiary/aromatic N) is 1. The van der Waals surface area contributed by atoms with Gasteiger partial charge in [-0.3, -0.25) is 4.79 Å². The minimum Gasteiger partial charge on any atom is -0.504 e. The number of phenolic OH excluding ortho intramolecular Hbond substituents is 1. The summed E-state index contributed by atoms with van der Waals surface area (Å²) >= 11 is 0. The number of hydrogen-bond acceptors (Lipinski definition) is 4. The van der Waals surface area contributed by atoms with Gasteiger partial charge in [-0.25, -0.2) is 0 Å². The maximum absolute atomic E-state index is 13.0. The fourth-order valence-corrected chi connectivity index (χ4v) is 3.03. The third-order valence-corrected chi connectivity index (χ3v) is 4.55. The Morgan fingerprint density at radius 3 is 2.75 bits per heavy atom. The van der Waals surface area contributed by atoms with Gasteiger partial charge in [0.05, 0.1) is 12.7 Å². The standard InChI is InChI=1S/C19H22N2O3/c1-4-12(2)21-18(13-9-10-16(22)17(11-13)24-3)20-15-8-6-5-7-14(15)19(21)23/h5-12,18,20,22H,4H2,1-3H3/t12-,18-/m0/s1. The summed E-state index contributed by atoms with van der Waals surface area (Å²) in [6, 6.07) is 12.8. The average Bonchev–Trinajstić information content (AvgIpc) is 2.61. The number of anilines is 1. The van der Waals surface area contributed by atoms with Crippen LogP contribution in [0, 0.1) is 0 Å². The molecule has 2 aromatic carbocycles. The molecule has 5 nitrogen and oxygen atoms in total. The van der Waals surface area contributed by atoms with Crippen LogP contribution in [0.15, 0.2) is 42.5 Å². The Kier molecular flexibility index (Phi) is 4.34. The van der Waals surface area contributed by atoms with Gasteiger partial charge in [-0.1, -0.05) is 25.1 Å². The summed E-state index contributed by atoms with van der Waals surface area (Å²) < 4.78 is 5.21. The van der Waals surface area contributed by atoms with E-state index in [0.29, 0.717) is 11.3 Å². The first kappa shape index (κ1) is 16.2. The molecule has 0 aliphatic carbocycles. The molecular formula is C19H22N2O3. The van der Waals surface area contributed by atoms with Crippen molar-refractivity contribution in [3.8, 4) is 11.5 Å². The lowest BCUT2D eigenvalue weighted by atomic mass is 10.0. The third-order valence-electron chi connectivity index (χ3n) is 4.55. The van der Waals surface area contributed by atoms with Gasteiger partial charge in [0.2, 0.25) is 0 Å². The van der Waals surface area contributed by atoms with E-state index in [1.165, 1.54) is 7.11 Å². The molecule has 126 valence electrons. The number of para-hydroxylation sites is 1. The second kappa shape index (κ2) is 6.43. The number of amides is 1. The zero-order valence-corrected chi connectivity index (χ0v) is 14.1. The number of methoxy groups -OCH3 is 1. The smallest absolute Gasteiger partial charge is 0.258 e. The topological polar surface area (TPSA) is 61.8 Å². The van der Waals surface area contributed by atoms with Crippen molar-refractivity contribution < 1.29 is 14.6 Å². The van der Waals surface area contributed by atoms with Crippen molar-refractivity contribution in [3.05, 3.63) is 53.6 Å². The first-order valence-corrected chi connectivity index (χ1v) is 8.12. The normalized spacial score (nSPS) is 17.9. The van der Waals surface area contributed by atoms with Crippen molar-refractivity contribution in [2.75, 3.05) is 12.4 Å². The minimum atomic E-state index is -0.308. The van der Waals surface area contributed by atoms with E-state index in [1.54, 1.807) is 12.1 Å². The van der Waals surface area contributed by atoms with E-state index in [-0.39, 0.29) is 23.9 Å². The van der Waals surface area contributed by atoms with Gasteiger partial charge in [0.25, 0.3) is 5.91 Å². The lowest BCUT2D eigenvalue weighted by Crippen LogP contribution is -2.47. The van der Waals surface area contributed by atoms with Gasteiger partial charge < -0.3 is 20.1 Å². The van der Waals surface area contributed by atoms with Gasteiger partial charge >= 0.3 is 0 Å². The molecule has 0 saturated carbocycles. The van der Waals surface area contributed by atoms with E-state index < -0.39 is 0 Å². The van der Waals surface area contributed by atoms with Crippen LogP contribution in [0.5, 0.6) is 11.5 Å². The second-order valence-corrected chi connectivity index (χ2v) is 5.99. The highest BCUT2D eigenvalue weighted by molar-refractivity contribution is 6.01. The summed E-state index contributed by atoms with van der Waals surface area (Å²) in [5, 5.41) is 13.3. The van der Waals surface area contributed by atoms with Gasteiger partial charge in [-0.2, -0.15) is 0 Å². The number of carbonyl (C=O) groups is 1. The number of carbonyl (C=O) groups excluding carboxylic acids is 1. The first-order valence-electron chi connectivity index (χ1n) is 8.12. The van der Waals surface area contributed by atoms with Crippen molar-refractivity contribution >= 4 is 11.6 Å². The maximum Gasteiger partial charge on any atom is 0.258 e. The van der Waals surface area contributed by atoms with E-state index >= 15 is 0 Å². The SMILES string of the molecule is CC[C@H](C)N1C(=O)c2ccccc2N[C@@H]1c1ccc(O)c(OC)c1. The highest BCUT2D eigenvalue weighted by atomic mass is 16.5. The molecular weight excluding hydrogens is 304 g/mol. The van der Waals surface area contributed by atoms with Crippen LogP contribution in [-0.2, 0) is 0 Å². The molecule has 1 aliphatic rings. The van der Waals surface area contributed by atoms with Crippen LogP contribution in [0.2, 0.25) is 0 Å². The molecule has 3 rings (SSSR count). The van der Waals surface area contributed by atoms with Gasteiger partial charge in [0, 0.05) is 11.7 Å². The summed E-state index contributed by atoms with van der Waals surface area (Å²) in [5.41, 5.74) is 2.37. The average molecular weight is 326 g/mol. The third kappa shape index (κ3) is 2.66. The molecule has 1 aliphatic heterocycles. The number of benzene rings is 2. The van der Waals surface area contributed by atoms with Crippen LogP contribution < -0.4 is 10.1 Å². The highest BCUT2D eigenvalue weighted by Crippen LogP contribution is 2.37. The van der Waals surface area contributed by atoms with E-state index in [4.69, 9.17) is 4.74 Å². The van der Waals surface area contributed by atoms with Crippen LogP contribution in [0.1, 0.15) is 42.4 Å². The number of hydrogen-bond donors (Lipinski definition) is 2. The molecule has 0 aromatic heterocycles. The van der Waals surface area contributed by atoms with E-state index in [1.807, 2.05) is 42.2 Å². The molecule has 24 heavy (non-hydrogen) atoms. The van der Waals surface area contributed by atoms with Crippen molar-refractivity contribution in [3.63, 3.8) is 0 Å². The van der Waals surface area contributed by atoms with Gasteiger partial charge in [0.1, 0.15) is 6.17 Å². The largest absolute Gasteiger partial charge is 0.504 e. The molecule has 0 spiro atoms. The van der Waals surface area contributed by atoms with Crippen molar-refractivity contribution in [2.45, 2.75) is 32.5 Å². The van der Waals surface area contributed by atoms with Crippen molar-refractivity contribution in [1.82, 2.24) is 4.90 Å². The molecule has 2 aromatic rings. The lowest BCUT2D eigenvalue weighted by molar-refractivity contribution is 0.0593. The zero-order valence-electron chi connectivity index (χ0n) is 14.1. The predicted molar refractivity (Wildman–Crippen MR) is 93.4 cm³/mol. The van der Waals surface area contributed by atoms with E-state index in [0.717, 1.165) is 17.7 Å². The fraction of sp³-hybridized carbons (Fsp3) is 0.316. The summed E-state index contributed by atoms with van der Waals surface area (Å²) in [4.78, 5) is 14.9. The predicted octanol–water partition coefficient (Wildman–Crippen LogP) is 3.77. The number of fused-ring (bicyclic) bond motifs is 1.